The standard InChI is InChI=1S/C16H19FN6O/c1-24-12-4-5-18-16(21-12)23-8-6-22(7-9-23)15-13(17)14(11-2-3-11)19-10-20-15/h4-5,10-11H,2-3,6-9H2,1H3. The van der Waals surface area contributed by atoms with Crippen molar-refractivity contribution in [2.75, 3.05) is 43.1 Å². The Morgan fingerprint density at radius 3 is 2.54 bits per heavy atom. The minimum absolute atomic E-state index is 0.258. The van der Waals surface area contributed by atoms with Crippen LogP contribution in [0.15, 0.2) is 18.6 Å². The molecule has 0 radical (unpaired) electrons. The normalized spacial score (nSPS) is 17.9. The van der Waals surface area contributed by atoms with Gasteiger partial charge in [-0.3, -0.25) is 0 Å². The Morgan fingerprint density at radius 2 is 1.83 bits per heavy atom. The van der Waals surface area contributed by atoms with E-state index in [2.05, 4.69) is 24.8 Å². The second-order valence-electron chi connectivity index (χ2n) is 6.04. The van der Waals surface area contributed by atoms with Gasteiger partial charge < -0.3 is 14.5 Å². The fraction of sp³-hybridized carbons (Fsp3) is 0.500. The van der Waals surface area contributed by atoms with E-state index in [1.54, 1.807) is 19.4 Å². The fourth-order valence-electron chi connectivity index (χ4n) is 2.95. The van der Waals surface area contributed by atoms with Crippen LogP contribution in [0, 0.1) is 5.82 Å². The summed E-state index contributed by atoms with van der Waals surface area (Å²) in [5.74, 6) is 1.61. The van der Waals surface area contributed by atoms with Gasteiger partial charge in [-0.2, -0.15) is 4.98 Å². The molecule has 1 aliphatic carbocycles. The molecule has 24 heavy (non-hydrogen) atoms. The zero-order valence-corrected chi connectivity index (χ0v) is 13.5. The molecule has 126 valence electrons. The van der Waals surface area contributed by atoms with Crippen LogP contribution in [0.25, 0.3) is 0 Å². The second kappa shape index (κ2) is 6.18. The lowest BCUT2D eigenvalue weighted by atomic mass is 10.2. The van der Waals surface area contributed by atoms with Gasteiger partial charge in [0, 0.05) is 44.4 Å². The number of methoxy groups -OCH3 is 1. The van der Waals surface area contributed by atoms with E-state index in [9.17, 15) is 4.39 Å². The van der Waals surface area contributed by atoms with Gasteiger partial charge in [0.25, 0.3) is 0 Å². The van der Waals surface area contributed by atoms with Gasteiger partial charge in [0.05, 0.1) is 12.8 Å². The lowest BCUT2D eigenvalue weighted by Gasteiger charge is -2.35. The number of halogens is 1. The maximum absolute atomic E-state index is 14.6. The highest BCUT2D eigenvalue weighted by Crippen LogP contribution is 2.41. The average molecular weight is 330 g/mol. The molecule has 0 unspecified atom stereocenters. The van der Waals surface area contributed by atoms with E-state index in [1.807, 2.05) is 4.90 Å². The van der Waals surface area contributed by atoms with Crippen LogP contribution < -0.4 is 14.5 Å². The van der Waals surface area contributed by atoms with E-state index >= 15 is 0 Å². The first-order valence-electron chi connectivity index (χ1n) is 8.13. The van der Waals surface area contributed by atoms with Gasteiger partial charge >= 0.3 is 0 Å². The van der Waals surface area contributed by atoms with Gasteiger partial charge in [0.15, 0.2) is 11.6 Å². The van der Waals surface area contributed by atoms with Crippen LogP contribution in [0.5, 0.6) is 5.88 Å². The summed E-state index contributed by atoms with van der Waals surface area (Å²) in [6.45, 7) is 2.74. The van der Waals surface area contributed by atoms with E-state index < -0.39 is 0 Å². The van der Waals surface area contributed by atoms with Crippen molar-refractivity contribution in [2.24, 2.45) is 0 Å². The predicted molar refractivity (Wildman–Crippen MR) is 87.0 cm³/mol. The molecule has 1 saturated heterocycles. The van der Waals surface area contributed by atoms with Crippen molar-refractivity contribution in [2.45, 2.75) is 18.8 Å². The Morgan fingerprint density at radius 1 is 1.08 bits per heavy atom. The van der Waals surface area contributed by atoms with Crippen molar-refractivity contribution in [3.8, 4) is 5.88 Å². The third-order valence-corrected chi connectivity index (χ3v) is 4.45. The number of piperazine rings is 1. The van der Waals surface area contributed by atoms with Crippen molar-refractivity contribution in [1.29, 1.82) is 0 Å². The first-order chi connectivity index (χ1) is 11.8. The van der Waals surface area contributed by atoms with Crippen molar-refractivity contribution in [3.05, 3.63) is 30.1 Å². The summed E-state index contributed by atoms with van der Waals surface area (Å²) in [6.07, 6.45) is 5.20. The smallest absolute Gasteiger partial charge is 0.228 e. The highest BCUT2D eigenvalue weighted by atomic mass is 19.1. The third kappa shape index (κ3) is 2.83. The minimum Gasteiger partial charge on any atom is -0.481 e. The molecule has 0 aromatic carbocycles. The van der Waals surface area contributed by atoms with Gasteiger partial charge in [-0.1, -0.05) is 0 Å². The van der Waals surface area contributed by atoms with Crippen LogP contribution in [0.1, 0.15) is 24.5 Å². The molecule has 0 atom stereocenters. The Kier molecular flexibility index (Phi) is 3.87. The lowest BCUT2D eigenvalue weighted by molar-refractivity contribution is 0.396. The van der Waals surface area contributed by atoms with Crippen LogP contribution in [0.3, 0.4) is 0 Å². The summed E-state index contributed by atoms with van der Waals surface area (Å²) in [7, 11) is 1.58. The minimum atomic E-state index is -0.258. The molecule has 1 saturated carbocycles. The largest absolute Gasteiger partial charge is 0.481 e. The Labute approximate surface area is 139 Å². The molecule has 2 aromatic heterocycles. The van der Waals surface area contributed by atoms with Gasteiger partial charge in [-0.25, -0.2) is 19.3 Å². The summed E-state index contributed by atoms with van der Waals surface area (Å²) < 4.78 is 19.8. The van der Waals surface area contributed by atoms with Crippen LogP contribution in [-0.4, -0.2) is 53.2 Å². The molecule has 0 amide bonds. The molecule has 2 aromatic rings. The number of rotatable bonds is 4. The van der Waals surface area contributed by atoms with Crippen LogP contribution in [-0.2, 0) is 0 Å². The first kappa shape index (κ1) is 15.0. The van der Waals surface area contributed by atoms with Gasteiger partial charge in [-0.05, 0) is 12.8 Å². The quantitative estimate of drug-likeness (QED) is 0.844. The summed E-state index contributed by atoms with van der Waals surface area (Å²) in [6, 6.07) is 1.72. The molecule has 8 heteroatoms. The monoisotopic (exact) mass is 330 g/mol. The summed E-state index contributed by atoms with van der Waals surface area (Å²) >= 11 is 0. The third-order valence-electron chi connectivity index (χ3n) is 4.45. The van der Waals surface area contributed by atoms with Gasteiger partial charge in [0.2, 0.25) is 11.8 Å². The first-order valence-corrected chi connectivity index (χ1v) is 8.13. The molecule has 0 N–H and O–H groups in total. The van der Waals surface area contributed by atoms with Crippen molar-refractivity contribution in [3.63, 3.8) is 0 Å². The zero-order valence-electron chi connectivity index (χ0n) is 13.5. The fourth-order valence-corrected chi connectivity index (χ4v) is 2.95. The molecule has 3 heterocycles. The average Bonchev–Trinajstić information content (AvgIpc) is 3.47. The molecular formula is C16H19FN6O. The molecule has 1 aliphatic heterocycles. The van der Waals surface area contributed by atoms with E-state index in [-0.39, 0.29) is 11.7 Å². The highest BCUT2D eigenvalue weighted by Gasteiger charge is 2.31. The summed E-state index contributed by atoms with van der Waals surface area (Å²) in [5.41, 5.74) is 0.568. The number of hydrogen-bond acceptors (Lipinski definition) is 7. The molecule has 2 fully saturated rings. The Bertz CT molecular complexity index is 730. The molecule has 7 nitrogen and oxygen atoms in total. The molecule has 4 rings (SSSR count). The maximum atomic E-state index is 14.6. The number of aromatic nitrogens is 4. The second-order valence-corrected chi connectivity index (χ2v) is 6.04. The number of hydrogen-bond donors (Lipinski definition) is 0. The Hall–Kier alpha value is -2.51. The van der Waals surface area contributed by atoms with E-state index in [4.69, 9.17) is 4.74 Å². The molecule has 0 spiro atoms. The van der Waals surface area contributed by atoms with Crippen LogP contribution in [0.2, 0.25) is 0 Å². The topological polar surface area (TPSA) is 67.3 Å². The summed E-state index contributed by atoms with van der Waals surface area (Å²) in [5, 5.41) is 0. The predicted octanol–water partition coefficient (Wildman–Crippen LogP) is 1.62. The van der Waals surface area contributed by atoms with Crippen molar-refractivity contribution < 1.29 is 9.13 Å². The number of nitrogens with zero attached hydrogens (tertiary/aromatic N) is 6. The van der Waals surface area contributed by atoms with E-state index in [1.165, 1.54) is 6.33 Å². The van der Waals surface area contributed by atoms with E-state index in [0.717, 1.165) is 12.8 Å². The van der Waals surface area contributed by atoms with Crippen LogP contribution >= 0.6 is 0 Å². The maximum Gasteiger partial charge on any atom is 0.228 e. The van der Waals surface area contributed by atoms with Gasteiger partial charge in [-0.15, -0.1) is 0 Å². The Balaban J connectivity index is 1.47. The highest BCUT2D eigenvalue weighted by molar-refractivity contribution is 5.45. The molecule has 2 aliphatic rings. The lowest BCUT2D eigenvalue weighted by Crippen LogP contribution is -2.47. The van der Waals surface area contributed by atoms with Gasteiger partial charge in [0.1, 0.15) is 6.33 Å². The van der Waals surface area contributed by atoms with Crippen molar-refractivity contribution >= 4 is 11.8 Å². The van der Waals surface area contributed by atoms with Crippen LogP contribution in [0.4, 0.5) is 16.2 Å². The number of anilines is 2. The summed E-state index contributed by atoms with van der Waals surface area (Å²) in [4.78, 5) is 21.0. The molecular weight excluding hydrogens is 311 g/mol. The number of ether oxygens (including phenoxy) is 1. The SMILES string of the molecule is COc1ccnc(N2CCN(c3ncnc(C4CC4)c3F)CC2)n1. The van der Waals surface area contributed by atoms with Crippen molar-refractivity contribution in [1.82, 2.24) is 19.9 Å². The zero-order chi connectivity index (χ0) is 16.5. The molecule has 0 bridgehead atoms. The van der Waals surface area contributed by atoms with E-state index in [0.29, 0.717) is 49.5 Å².